The van der Waals surface area contributed by atoms with Crippen LogP contribution >= 0.6 is 0 Å². The van der Waals surface area contributed by atoms with Crippen molar-refractivity contribution in [2.24, 2.45) is 0 Å². The lowest BCUT2D eigenvalue weighted by atomic mass is 10.0. The minimum absolute atomic E-state index is 0.103. The van der Waals surface area contributed by atoms with Gasteiger partial charge in [-0.05, 0) is 39.3 Å². The van der Waals surface area contributed by atoms with E-state index in [1.807, 2.05) is 19.1 Å². The largest absolute Gasteiger partial charge is 0.508 e. The molecule has 2 atom stereocenters. The molecule has 0 saturated heterocycles. The van der Waals surface area contributed by atoms with Gasteiger partial charge in [0.25, 0.3) is 0 Å². The maximum Gasteiger partial charge on any atom is 0.120 e. The molecule has 0 amide bonds. The minimum Gasteiger partial charge on any atom is -0.508 e. The quantitative estimate of drug-likeness (QED) is 0.861. The van der Waals surface area contributed by atoms with E-state index in [9.17, 15) is 5.11 Å². The summed E-state index contributed by atoms with van der Waals surface area (Å²) in [5.41, 5.74) is 4.64. The van der Waals surface area contributed by atoms with Gasteiger partial charge in [0.2, 0.25) is 0 Å². The molecule has 2 heteroatoms. The van der Waals surface area contributed by atoms with Crippen molar-refractivity contribution >= 4 is 0 Å². The summed E-state index contributed by atoms with van der Waals surface area (Å²) in [4.78, 5) is 0. The van der Waals surface area contributed by atoms with Crippen LogP contribution in [0, 0.1) is 13.8 Å². The van der Waals surface area contributed by atoms with E-state index in [1.54, 1.807) is 6.07 Å². The number of aromatic hydroxyl groups is 1. The molecule has 0 aliphatic rings. The molecular formula is C18H23NO. The monoisotopic (exact) mass is 269 g/mol. The summed E-state index contributed by atoms with van der Waals surface area (Å²) < 4.78 is 0. The van der Waals surface area contributed by atoms with E-state index in [1.165, 1.54) is 11.1 Å². The molecule has 0 bridgehead atoms. The Kier molecular flexibility index (Phi) is 4.46. The molecule has 2 nitrogen and oxygen atoms in total. The van der Waals surface area contributed by atoms with E-state index < -0.39 is 0 Å². The van der Waals surface area contributed by atoms with E-state index in [4.69, 9.17) is 0 Å². The van der Waals surface area contributed by atoms with Crippen molar-refractivity contribution in [2.45, 2.75) is 39.8 Å². The number of hydrogen-bond donors (Lipinski definition) is 2. The van der Waals surface area contributed by atoms with Crippen LogP contribution in [-0.2, 0) is 0 Å². The predicted molar refractivity (Wildman–Crippen MR) is 84.0 cm³/mol. The third kappa shape index (κ3) is 3.40. The van der Waals surface area contributed by atoms with Crippen LogP contribution in [0.2, 0.25) is 0 Å². The molecule has 0 saturated carbocycles. The van der Waals surface area contributed by atoms with E-state index in [-0.39, 0.29) is 12.1 Å². The lowest BCUT2D eigenvalue weighted by molar-refractivity contribution is 0.438. The van der Waals surface area contributed by atoms with Crippen LogP contribution in [0.1, 0.15) is 48.2 Å². The molecule has 20 heavy (non-hydrogen) atoms. The zero-order valence-corrected chi connectivity index (χ0v) is 12.6. The Morgan fingerprint density at radius 1 is 0.850 bits per heavy atom. The summed E-state index contributed by atoms with van der Waals surface area (Å²) in [6.45, 7) is 8.36. The van der Waals surface area contributed by atoms with Gasteiger partial charge in [0.15, 0.2) is 0 Å². The van der Waals surface area contributed by atoms with Crippen LogP contribution in [0.25, 0.3) is 0 Å². The highest BCUT2D eigenvalue weighted by Crippen LogP contribution is 2.27. The summed E-state index contributed by atoms with van der Waals surface area (Å²) in [7, 11) is 0. The highest BCUT2D eigenvalue weighted by Gasteiger charge is 2.14. The summed E-state index contributed by atoms with van der Waals surface area (Å²) in [6, 6.07) is 14.6. The summed E-state index contributed by atoms with van der Waals surface area (Å²) >= 11 is 0. The van der Waals surface area contributed by atoms with Gasteiger partial charge >= 0.3 is 0 Å². The highest BCUT2D eigenvalue weighted by molar-refractivity contribution is 5.38. The molecule has 0 aliphatic carbocycles. The van der Waals surface area contributed by atoms with Gasteiger partial charge in [0.1, 0.15) is 5.75 Å². The normalized spacial score (nSPS) is 14.0. The van der Waals surface area contributed by atoms with E-state index in [0.717, 1.165) is 11.1 Å². The maximum absolute atomic E-state index is 9.99. The second-order valence-electron chi connectivity index (χ2n) is 5.58. The SMILES string of the molecule is Cc1ccc([C@@H](C)NC(C)c2cc(C)ccc2O)cc1. The van der Waals surface area contributed by atoms with Gasteiger partial charge in [-0.1, -0.05) is 47.5 Å². The Balaban J connectivity index is 2.12. The maximum atomic E-state index is 9.99. The molecule has 0 radical (unpaired) electrons. The summed E-state index contributed by atoms with van der Waals surface area (Å²) in [6.07, 6.45) is 0. The Labute approximate surface area is 121 Å². The molecule has 0 spiro atoms. The van der Waals surface area contributed by atoms with Crippen molar-refractivity contribution in [2.75, 3.05) is 0 Å². The van der Waals surface area contributed by atoms with Crippen molar-refractivity contribution in [3.05, 3.63) is 64.7 Å². The molecule has 2 aromatic carbocycles. The second-order valence-corrected chi connectivity index (χ2v) is 5.58. The van der Waals surface area contributed by atoms with Gasteiger partial charge in [-0.25, -0.2) is 0 Å². The van der Waals surface area contributed by atoms with Crippen LogP contribution < -0.4 is 5.32 Å². The van der Waals surface area contributed by atoms with Crippen LogP contribution in [0.3, 0.4) is 0 Å². The van der Waals surface area contributed by atoms with Crippen molar-refractivity contribution in [1.82, 2.24) is 5.32 Å². The first kappa shape index (κ1) is 14.6. The molecule has 0 aromatic heterocycles. The van der Waals surface area contributed by atoms with E-state index in [0.29, 0.717) is 5.75 Å². The van der Waals surface area contributed by atoms with Crippen molar-refractivity contribution < 1.29 is 5.11 Å². The van der Waals surface area contributed by atoms with Crippen LogP contribution in [0.4, 0.5) is 0 Å². The molecule has 0 heterocycles. The van der Waals surface area contributed by atoms with Gasteiger partial charge < -0.3 is 10.4 Å². The average Bonchev–Trinajstić information content (AvgIpc) is 2.42. The first-order chi connectivity index (χ1) is 9.47. The standard InChI is InChI=1S/C18H23NO/c1-12-5-8-16(9-6-12)14(3)19-15(4)17-11-13(2)7-10-18(17)20/h5-11,14-15,19-20H,1-4H3/t14-,15?/m1/s1. The van der Waals surface area contributed by atoms with Gasteiger partial charge in [-0.15, -0.1) is 0 Å². The Morgan fingerprint density at radius 3 is 2.10 bits per heavy atom. The average molecular weight is 269 g/mol. The Bertz CT molecular complexity index is 574. The molecule has 1 unspecified atom stereocenters. The Hall–Kier alpha value is -1.80. The molecule has 0 aliphatic heterocycles. The van der Waals surface area contributed by atoms with E-state index in [2.05, 4.69) is 50.4 Å². The van der Waals surface area contributed by atoms with Crippen molar-refractivity contribution in [1.29, 1.82) is 0 Å². The molecule has 0 fully saturated rings. The summed E-state index contributed by atoms with van der Waals surface area (Å²) in [5.74, 6) is 0.353. The van der Waals surface area contributed by atoms with Crippen LogP contribution in [0.15, 0.2) is 42.5 Å². The third-order valence-corrected chi connectivity index (χ3v) is 3.73. The van der Waals surface area contributed by atoms with Crippen LogP contribution in [-0.4, -0.2) is 5.11 Å². The van der Waals surface area contributed by atoms with Gasteiger partial charge in [-0.2, -0.15) is 0 Å². The smallest absolute Gasteiger partial charge is 0.120 e. The second kappa shape index (κ2) is 6.10. The van der Waals surface area contributed by atoms with Gasteiger partial charge in [0, 0.05) is 17.6 Å². The number of nitrogens with one attached hydrogen (secondary N) is 1. The Morgan fingerprint density at radius 2 is 1.45 bits per heavy atom. The minimum atomic E-state index is 0.103. The van der Waals surface area contributed by atoms with Crippen molar-refractivity contribution in [3.63, 3.8) is 0 Å². The summed E-state index contributed by atoms with van der Waals surface area (Å²) in [5, 5.41) is 13.5. The topological polar surface area (TPSA) is 32.3 Å². The first-order valence-corrected chi connectivity index (χ1v) is 7.09. The fourth-order valence-electron chi connectivity index (χ4n) is 2.44. The zero-order valence-electron chi connectivity index (χ0n) is 12.6. The molecule has 2 aromatic rings. The molecule has 2 N–H and O–H groups in total. The molecular weight excluding hydrogens is 246 g/mol. The fourth-order valence-corrected chi connectivity index (χ4v) is 2.44. The zero-order chi connectivity index (χ0) is 14.7. The fraction of sp³-hybridized carbons (Fsp3) is 0.333. The van der Waals surface area contributed by atoms with Crippen LogP contribution in [0.5, 0.6) is 5.75 Å². The molecule has 106 valence electrons. The lowest BCUT2D eigenvalue weighted by Gasteiger charge is -2.22. The third-order valence-electron chi connectivity index (χ3n) is 3.73. The number of benzene rings is 2. The van der Waals surface area contributed by atoms with Crippen molar-refractivity contribution in [3.8, 4) is 5.75 Å². The highest BCUT2D eigenvalue weighted by atomic mass is 16.3. The number of phenolic OH excluding ortho intramolecular Hbond substituents is 1. The number of aryl methyl sites for hydroxylation is 2. The van der Waals surface area contributed by atoms with Gasteiger partial charge in [0.05, 0.1) is 0 Å². The predicted octanol–water partition coefficient (Wildman–Crippen LogP) is 4.42. The number of rotatable bonds is 4. The lowest BCUT2D eigenvalue weighted by Crippen LogP contribution is -2.22. The molecule has 2 rings (SSSR count). The first-order valence-electron chi connectivity index (χ1n) is 7.09. The van der Waals surface area contributed by atoms with Gasteiger partial charge in [-0.3, -0.25) is 0 Å². The number of hydrogen-bond acceptors (Lipinski definition) is 2. The van der Waals surface area contributed by atoms with E-state index >= 15 is 0 Å². The number of phenols is 1.